The van der Waals surface area contributed by atoms with E-state index in [1.807, 2.05) is 54.6 Å². The number of amides is 3. The summed E-state index contributed by atoms with van der Waals surface area (Å²) >= 11 is 0. The lowest BCUT2D eigenvalue weighted by Crippen LogP contribution is -3.19. The Morgan fingerprint density at radius 3 is 2.59 bits per heavy atom. The number of nitrogens with one attached hydrogen (secondary N) is 2. The van der Waals surface area contributed by atoms with Crippen molar-refractivity contribution in [1.29, 1.82) is 0 Å². The first kappa shape index (κ1) is 16.9. The molecule has 0 aliphatic carbocycles. The Kier molecular flexibility index (Phi) is 3.36. The van der Waals surface area contributed by atoms with Gasteiger partial charge in [0.25, 0.3) is 5.91 Å². The van der Waals surface area contributed by atoms with Crippen LogP contribution in [0.4, 0.5) is 5.69 Å². The number of para-hydroxylation sites is 1. The Morgan fingerprint density at radius 2 is 1.76 bits per heavy atom. The summed E-state index contributed by atoms with van der Waals surface area (Å²) in [6.45, 7) is 1.09. The fourth-order valence-corrected chi connectivity index (χ4v) is 6.40. The van der Waals surface area contributed by atoms with E-state index in [1.165, 1.54) is 4.90 Å². The van der Waals surface area contributed by atoms with Crippen molar-refractivity contribution in [3.05, 3.63) is 65.7 Å². The summed E-state index contributed by atoms with van der Waals surface area (Å²) in [4.78, 5) is 43.1. The lowest BCUT2D eigenvalue weighted by atomic mass is 9.75. The topological polar surface area (TPSA) is 70.9 Å². The number of hydrogen-bond acceptors (Lipinski definition) is 3. The standard InChI is InChI=1S/C23H21N3O3/c27-20-18-17-11-6-12-26(17)23(15-9-4-5-10-16(15)24-22(23)29)19(18)21(28)25(20)13-14-7-2-1-3-8-14/h1-5,7-10,17-19H,6,11-13H2,(H,24,29)/p+1/t17-,18+,19+,23-/m1/s1. The van der Waals surface area contributed by atoms with Crippen molar-refractivity contribution in [2.24, 2.45) is 11.8 Å². The molecule has 2 aromatic rings. The molecule has 2 aromatic carbocycles. The van der Waals surface area contributed by atoms with Gasteiger partial charge in [0.1, 0.15) is 17.9 Å². The molecule has 4 heterocycles. The summed E-state index contributed by atoms with van der Waals surface area (Å²) in [6, 6.07) is 17.3. The van der Waals surface area contributed by atoms with Crippen molar-refractivity contribution in [3.8, 4) is 0 Å². The van der Waals surface area contributed by atoms with E-state index in [0.717, 1.165) is 41.1 Å². The first-order valence-electron chi connectivity index (χ1n) is 10.3. The highest BCUT2D eigenvalue weighted by atomic mass is 16.2. The van der Waals surface area contributed by atoms with E-state index in [1.54, 1.807) is 0 Å². The Labute approximate surface area is 168 Å². The molecule has 1 unspecified atom stereocenters. The van der Waals surface area contributed by atoms with Gasteiger partial charge in [0.05, 0.1) is 18.8 Å². The van der Waals surface area contributed by atoms with E-state index in [4.69, 9.17) is 0 Å². The third kappa shape index (κ3) is 1.97. The number of carbonyl (C=O) groups excluding carboxylic acids is 3. The van der Waals surface area contributed by atoms with Crippen LogP contribution in [0.15, 0.2) is 54.6 Å². The second kappa shape index (κ2) is 5.76. The molecule has 3 fully saturated rings. The molecular formula is C23H22N3O3+. The maximum absolute atomic E-state index is 13.7. The number of likely N-dealkylation sites (tertiary alicyclic amines) is 1. The molecule has 6 nitrogen and oxygen atoms in total. The molecule has 29 heavy (non-hydrogen) atoms. The fraction of sp³-hybridized carbons (Fsp3) is 0.348. The zero-order valence-electron chi connectivity index (χ0n) is 15.9. The fourth-order valence-electron chi connectivity index (χ4n) is 6.40. The van der Waals surface area contributed by atoms with E-state index in [2.05, 4.69) is 5.32 Å². The van der Waals surface area contributed by atoms with Gasteiger partial charge in [-0.2, -0.15) is 0 Å². The summed E-state index contributed by atoms with van der Waals surface area (Å²) in [5, 5.41) is 3.01. The van der Waals surface area contributed by atoms with Crippen molar-refractivity contribution in [1.82, 2.24) is 4.90 Å². The molecule has 2 N–H and O–H groups in total. The second-order valence-corrected chi connectivity index (χ2v) is 8.58. The smallest absolute Gasteiger partial charge is 0.291 e. The van der Waals surface area contributed by atoms with Gasteiger partial charge >= 0.3 is 0 Å². The number of quaternary nitrogens is 1. The summed E-state index contributed by atoms with van der Waals surface area (Å²) in [5.74, 6) is -1.47. The molecule has 146 valence electrons. The first-order chi connectivity index (χ1) is 14.1. The van der Waals surface area contributed by atoms with Crippen LogP contribution in [-0.4, -0.2) is 35.2 Å². The van der Waals surface area contributed by atoms with Gasteiger partial charge in [-0.15, -0.1) is 0 Å². The van der Waals surface area contributed by atoms with Crippen molar-refractivity contribution < 1.29 is 19.3 Å². The van der Waals surface area contributed by atoms with E-state index in [0.29, 0.717) is 0 Å². The van der Waals surface area contributed by atoms with Crippen molar-refractivity contribution >= 4 is 23.4 Å². The van der Waals surface area contributed by atoms with Gasteiger partial charge in [0, 0.05) is 18.4 Å². The number of nitrogens with zero attached hydrogens (tertiary/aromatic N) is 1. The lowest BCUT2D eigenvalue weighted by Gasteiger charge is -2.33. The van der Waals surface area contributed by atoms with Crippen LogP contribution in [0.25, 0.3) is 0 Å². The molecule has 6 heteroatoms. The molecule has 3 amide bonds. The van der Waals surface area contributed by atoms with Crippen LogP contribution in [0.2, 0.25) is 0 Å². The molecule has 0 saturated carbocycles. The summed E-state index contributed by atoms with van der Waals surface area (Å²) in [7, 11) is 0. The number of fused-ring (bicyclic) bond motifs is 7. The third-order valence-electron chi connectivity index (χ3n) is 7.40. The summed E-state index contributed by atoms with van der Waals surface area (Å²) < 4.78 is 0. The predicted molar refractivity (Wildman–Crippen MR) is 105 cm³/mol. The van der Waals surface area contributed by atoms with E-state index >= 15 is 0 Å². The SMILES string of the molecule is O=C1[C@H]2[C@H]3CCC[NH+]3[C@@]3(C(=O)Nc4ccccc43)[C@@H]2C(=O)N1Cc1ccccc1. The zero-order valence-corrected chi connectivity index (χ0v) is 15.9. The molecule has 1 spiro atoms. The van der Waals surface area contributed by atoms with Crippen molar-refractivity contribution in [3.63, 3.8) is 0 Å². The normalized spacial score (nSPS) is 34.5. The van der Waals surface area contributed by atoms with Gasteiger partial charge in [-0.3, -0.25) is 19.3 Å². The molecule has 6 rings (SSSR count). The van der Waals surface area contributed by atoms with Gasteiger partial charge < -0.3 is 10.2 Å². The van der Waals surface area contributed by atoms with Crippen LogP contribution in [0, 0.1) is 11.8 Å². The quantitative estimate of drug-likeness (QED) is 0.744. The zero-order chi connectivity index (χ0) is 19.8. The van der Waals surface area contributed by atoms with E-state index in [9.17, 15) is 14.4 Å². The van der Waals surface area contributed by atoms with Crippen LogP contribution in [0.3, 0.4) is 0 Å². The average molecular weight is 388 g/mol. The molecule has 3 saturated heterocycles. The van der Waals surface area contributed by atoms with Crippen LogP contribution in [0.1, 0.15) is 24.0 Å². The Morgan fingerprint density at radius 1 is 1.00 bits per heavy atom. The minimum atomic E-state index is -0.986. The van der Waals surface area contributed by atoms with Gasteiger partial charge in [0.2, 0.25) is 17.4 Å². The summed E-state index contributed by atoms with van der Waals surface area (Å²) in [6.07, 6.45) is 1.85. The third-order valence-corrected chi connectivity index (χ3v) is 7.40. The minimum Gasteiger partial charge on any atom is -0.320 e. The van der Waals surface area contributed by atoms with Crippen LogP contribution in [0.5, 0.6) is 0 Å². The van der Waals surface area contributed by atoms with Gasteiger partial charge in [-0.25, -0.2) is 0 Å². The largest absolute Gasteiger partial charge is 0.320 e. The van der Waals surface area contributed by atoms with E-state index < -0.39 is 17.4 Å². The number of hydrogen-bond donors (Lipinski definition) is 2. The van der Waals surface area contributed by atoms with Crippen molar-refractivity contribution in [2.45, 2.75) is 31.0 Å². The number of anilines is 1. The predicted octanol–water partition coefficient (Wildman–Crippen LogP) is 0.696. The Balaban J connectivity index is 1.49. The Bertz CT molecular complexity index is 1050. The molecule has 4 aliphatic heterocycles. The van der Waals surface area contributed by atoms with Gasteiger partial charge in [0.15, 0.2) is 0 Å². The molecule has 5 atom stereocenters. The number of benzene rings is 2. The van der Waals surface area contributed by atoms with Gasteiger partial charge in [-0.05, 0) is 11.6 Å². The van der Waals surface area contributed by atoms with Crippen LogP contribution in [-0.2, 0) is 26.5 Å². The van der Waals surface area contributed by atoms with Gasteiger partial charge in [-0.1, -0.05) is 48.5 Å². The molecule has 0 aromatic heterocycles. The number of rotatable bonds is 2. The highest BCUT2D eigenvalue weighted by Crippen LogP contribution is 2.51. The molecule has 0 radical (unpaired) electrons. The number of imide groups is 1. The maximum Gasteiger partial charge on any atom is 0.291 e. The molecule has 4 aliphatic rings. The average Bonchev–Trinajstić information content (AvgIpc) is 3.44. The highest BCUT2D eigenvalue weighted by molar-refractivity contribution is 6.14. The second-order valence-electron chi connectivity index (χ2n) is 8.58. The highest BCUT2D eigenvalue weighted by Gasteiger charge is 2.78. The monoisotopic (exact) mass is 388 g/mol. The van der Waals surface area contributed by atoms with Crippen molar-refractivity contribution in [2.75, 3.05) is 11.9 Å². The molecule has 0 bridgehead atoms. The Hall–Kier alpha value is -2.99. The number of carbonyl (C=O) groups is 3. The lowest BCUT2D eigenvalue weighted by molar-refractivity contribution is -0.948. The minimum absolute atomic E-state index is 0.0223. The summed E-state index contributed by atoms with van der Waals surface area (Å²) in [5.41, 5.74) is 1.59. The van der Waals surface area contributed by atoms with Crippen LogP contribution < -0.4 is 10.2 Å². The van der Waals surface area contributed by atoms with Crippen LogP contribution >= 0.6 is 0 Å². The van der Waals surface area contributed by atoms with E-state index in [-0.39, 0.29) is 30.3 Å². The maximum atomic E-state index is 13.7. The first-order valence-corrected chi connectivity index (χ1v) is 10.3. The molecular weight excluding hydrogens is 366 g/mol.